The molecule has 2 rings (SSSR count). The number of rotatable bonds is 3. The first kappa shape index (κ1) is 11.3. The number of aliphatic hydroxyl groups is 1. The lowest BCUT2D eigenvalue weighted by molar-refractivity contribution is 0.200. The maximum absolute atomic E-state index is 11.5. The third-order valence-corrected chi connectivity index (χ3v) is 3.78. The van der Waals surface area contributed by atoms with E-state index in [9.17, 15) is 8.42 Å². The van der Waals surface area contributed by atoms with Crippen LogP contribution in [0, 0.1) is 5.92 Å². The van der Waals surface area contributed by atoms with Gasteiger partial charge in [0.05, 0.1) is 0 Å². The molecule has 0 spiro atoms. The van der Waals surface area contributed by atoms with Gasteiger partial charge in [-0.15, -0.1) is 0 Å². The van der Waals surface area contributed by atoms with Crippen molar-refractivity contribution in [1.82, 2.24) is 4.98 Å². The first-order valence-electron chi connectivity index (χ1n) is 5.03. The van der Waals surface area contributed by atoms with Gasteiger partial charge in [-0.05, 0) is 12.1 Å². The standard InChI is InChI=1S/C10H14N2O3S/c1-16(14,15)9-3-2-4-11-10(9)12-5-8(6-12)7-13/h2-4,8,13H,5-7H2,1H3. The molecule has 0 radical (unpaired) electrons. The van der Waals surface area contributed by atoms with Crippen LogP contribution in [0.3, 0.4) is 0 Å². The van der Waals surface area contributed by atoms with Crippen molar-refractivity contribution in [2.75, 3.05) is 30.9 Å². The van der Waals surface area contributed by atoms with Gasteiger partial charge in [0.15, 0.2) is 9.84 Å². The van der Waals surface area contributed by atoms with Crippen LogP contribution in [-0.2, 0) is 9.84 Å². The van der Waals surface area contributed by atoms with Crippen LogP contribution in [0.15, 0.2) is 23.2 Å². The van der Waals surface area contributed by atoms with E-state index < -0.39 is 9.84 Å². The molecule has 0 atom stereocenters. The van der Waals surface area contributed by atoms with Crippen molar-refractivity contribution in [3.05, 3.63) is 18.3 Å². The molecule has 0 bridgehead atoms. The van der Waals surface area contributed by atoms with Crippen LogP contribution < -0.4 is 4.90 Å². The molecule has 1 N–H and O–H groups in total. The Bertz CT molecular complexity index is 481. The molecular weight excluding hydrogens is 228 g/mol. The summed E-state index contributed by atoms with van der Waals surface area (Å²) >= 11 is 0. The summed E-state index contributed by atoms with van der Waals surface area (Å²) in [5.74, 6) is 0.726. The minimum atomic E-state index is -3.25. The SMILES string of the molecule is CS(=O)(=O)c1cccnc1N1CC(CO)C1. The molecule has 0 aliphatic carbocycles. The highest BCUT2D eigenvalue weighted by atomic mass is 32.2. The highest BCUT2D eigenvalue weighted by Gasteiger charge is 2.30. The van der Waals surface area contributed by atoms with Gasteiger partial charge in [0, 0.05) is 38.1 Å². The molecule has 1 saturated heterocycles. The number of pyridine rings is 1. The zero-order valence-corrected chi connectivity index (χ0v) is 9.81. The summed E-state index contributed by atoms with van der Waals surface area (Å²) in [4.78, 5) is 6.23. The maximum Gasteiger partial charge on any atom is 0.179 e. The molecule has 5 nitrogen and oxygen atoms in total. The second kappa shape index (κ2) is 4.03. The van der Waals surface area contributed by atoms with Gasteiger partial charge in [-0.3, -0.25) is 0 Å². The summed E-state index contributed by atoms with van der Waals surface area (Å²) in [6.45, 7) is 1.46. The van der Waals surface area contributed by atoms with Crippen LogP contribution >= 0.6 is 0 Å². The molecule has 0 unspecified atom stereocenters. The van der Waals surface area contributed by atoms with E-state index in [1.807, 2.05) is 4.90 Å². The Labute approximate surface area is 94.6 Å². The summed E-state index contributed by atoms with van der Waals surface area (Å²) in [5.41, 5.74) is 0. The summed E-state index contributed by atoms with van der Waals surface area (Å²) in [6.07, 6.45) is 2.76. The molecule has 1 fully saturated rings. The van der Waals surface area contributed by atoms with Crippen LogP contribution in [0.5, 0.6) is 0 Å². The Balaban J connectivity index is 2.29. The number of aromatic nitrogens is 1. The van der Waals surface area contributed by atoms with Gasteiger partial charge in [0.25, 0.3) is 0 Å². The molecule has 1 aliphatic heterocycles. The van der Waals surface area contributed by atoms with Gasteiger partial charge < -0.3 is 10.0 Å². The van der Waals surface area contributed by atoms with Crippen molar-refractivity contribution in [2.24, 2.45) is 5.92 Å². The Morgan fingerprint density at radius 1 is 1.56 bits per heavy atom. The number of aliphatic hydroxyl groups excluding tert-OH is 1. The number of hydrogen-bond donors (Lipinski definition) is 1. The number of sulfone groups is 1. The molecule has 0 aromatic carbocycles. The first-order valence-corrected chi connectivity index (χ1v) is 6.92. The van der Waals surface area contributed by atoms with E-state index in [-0.39, 0.29) is 17.4 Å². The topological polar surface area (TPSA) is 70.5 Å². The summed E-state index contributed by atoms with van der Waals surface area (Å²) < 4.78 is 23.1. The Kier molecular flexibility index (Phi) is 2.86. The third kappa shape index (κ3) is 2.03. The molecule has 88 valence electrons. The second-order valence-corrected chi connectivity index (χ2v) is 6.04. The van der Waals surface area contributed by atoms with Gasteiger partial charge in [-0.25, -0.2) is 13.4 Å². The zero-order chi connectivity index (χ0) is 11.8. The van der Waals surface area contributed by atoms with Crippen molar-refractivity contribution in [2.45, 2.75) is 4.90 Å². The van der Waals surface area contributed by atoms with Crippen molar-refractivity contribution in [3.63, 3.8) is 0 Å². The predicted octanol–water partition coefficient (Wildman–Crippen LogP) is -0.0864. The molecule has 6 heteroatoms. The van der Waals surface area contributed by atoms with Crippen LogP contribution in [0.25, 0.3) is 0 Å². The van der Waals surface area contributed by atoms with E-state index >= 15 is 0 Å². The van der Waals surface area contributed by atoms with Crippen molar-refractivity contribution in [1.29, 1.82) is 0 Å². The quantitative estimate of drug-likeness (QED) is 0.802. The highest BCUT2D eigenvalue weighted by molar-refractivity contribution is 7.90. The fourth-order valence-electron chi connectivity index (χ4n) is 1.77. The number of anilines is 1. The smallest absolute Gasteiger partial charge is 0.179 e. The van der Waals surface area contributed by atoms with Gasteiger partial charge in [0.2, 0.25) is 0 Å². The first-order chi connectivity index (χ1) is 7.52. The van der Waals surface area contributed by atoms with Crippen LogP contribution in [0.4, 0.5) is 5.82 Å². The summed E-state index contributed by atoms with van der Waals surface area (Å²) in [6, 6.07) is 3.17. The van der Waals surface area contributed by atoms with Crippen LogP contribution in [-0.4, -0.2) is 44.5 Å². The van der Waals surface area contributed by atoms with E-state index in [0.717, 1.165) is 0 Å². The Morgan fingerprint density at radius 2 is 2.25 bits per heavy atom. The minimum Gasteiger partial charge on any atom is -0.396 e. The van der Waals surface area contributed by atoms with Gasteiger partial charge >= 0.3 is 0 Å². The molecule has 1 aromatic heterocycles. The fourth-order valence-corrected chi connectivity index (χ4v) is 2.61. The van der Waals surface area contributed by atoms with E-state index in [1.165, 1.54) is 6.26 Å². The lowest BCUT2D eigenvalue weighted by Crippen LogP contribution is -2.49. The van der Waals surface area contributed by atoms with E-state index in [1.54, 1.807) is 18.3 Å². The van der Waals surface area contributed by atoms with Crippen molar-refractivity contribution >= 4 is 15.7 Å². The highest BCUT2D eigenvalue weighted by Crippen LogP contribution is 2.28. The molecule has 1 aliphatic rings. The average molecular weight is 242 g/mol. The summed E-state index contributed by atoms with van der Waals surface area (Å²) in [7, 11) is -3.25. The molecular formula is C10H14N2O3S. The molecule has 0 amide bonds. The predicted molar refractivity (Wildman–Crippen MR) is 60.1 cm³/mol. The summed E-state index contributed by atoms with van der Waals surface area (Å²) in [5, 5.41) is 8.91. The van der Waals surface area contributed by atoms with Crippen molar-refractivity contribution in [3.8, 4) is 0 Å². The number of nitrogens with zero attached hydrogens (tertiary/aromatic N) is 2. The normalized spacial score (nSPS) is 17.2. The van der Waals surface area contributed by atoms with Gasteiger partial charge in [0.1, 0.15) is 10.7 Å². The van der Waals surface area contributed by atoms with E-state index in [4.69, 9.17) is 5.11 Å². The number of hydrogen-bond acceptors (Lipinski definition) is 5. The lowest BCUT2D eigenvalue weighted by Gasteiger charge is -2.39. The minimum absolute atomic E-state index is 0.136. The third-order valence-electron chi connectivity index (χ3n) is 2.67. The van der Waals surface area contributed by atoms with Gasteiger partial charge in [-0.2, -0.15) is 0 Å². The second-order valence-electron chi connectivity index (χ2n) is 4.05. The molecule has 0 saturated carbocycles. The lowest BCUT2D eigenvalue weighted by atomic mass is 10.0. The van der Waals surface area contributed by atoms with Crippen LogP contribution in [0.1, 0.15) is 0 Å². The van der Waals surface area contributed by atoms with Crippen molar-refractivity contribution < 1.29 is 13.5 Å². The molecule has 2 heterocycles. The van der Waals surface area contributed by atoms with Gasteiger partial charge in [-0.1, -0.05) is 0 Å². The fraction of sp³-hybridized carbons (Fsp3) is 0.500. The Morgan fingerprint density at radius 3 is 2.81 bits per heavy atom. The zero-order valence-electron chi connectivity index (χ0n) is 9.00. The van der Waals surface area contributed by atoms with E-state index in [2.05, 4.69) is 4.98 Å². The largest absolute Gasteiger partial charge is 0.396 e. The maximum atomic E-state index is 11.5. The molecule has 1 aromatic rings. The molecule has 16 heavy (non-hydrogen) atoms. The Hall–Kier alpha value is -1.14. The monoisotopic (exact) mass is 242 g/mol. The van der Waals surface area contributed by atoms with E-state index in [0.29, 0.717) is 18.9 Å². The van der Waals surface area contributed by atoms with Crippen LogP contribution in [0.2, 0.25) is 0 Å². The average Bonchev–Trinajstić information content (AvgIpc) is 2.15.